The molecule has 0 saturated carbocycles. The Morgan fingerprint density at radius 1 is 1.58 bits per heavy atom. The summed E-state index contributed by atoms with van der Waals surface area (Å²) in [4.78, 5) is 13.5. The smallest absolute Gasteiger partial charge is 0.263 e. The van der Waals surface area contributed by atoms with Crippen LogP contribution >= 0.6 is 0 Å². The zero-order valence-electron chi connectivity index (χ0n) is 6.29. The third kappa shape index (κ3) is 2.00. The van der Waals surface area contributed by atoms with Gasteiger partial charge in [0.05, 0.1) is 18.1 Å². The van der Waals surface area contributed by atoms with Crippen LogP contribution in [0, 0.1) is 23.2 Å². The minimum atomic E-state index is -0.220. The van der Waals surface area contributed by atoms with Crippen LogP contribution in [0.25, 0.3) is 0 Å². The van der Waals surface area contributed by atoms with Gasteiger partial charge in [0, 0.05) is 6.20 Å². The quantitative estimate of drug-likeness (QED) is 0.563. The van der Waals surface area contributed by atoms with Crippen LogP contribution in [-0.2, 0) is 0 Å². The molecule has 1 rings (SSSR count). The van der Waals surface area contributed by atoms with Gasteiger partial charge in [-0.05, 0) is 12.1 Å². The van der Waals surface area contributed by atoms with Crippen LogP contribution in [-0.4, -0.2) is 4.98 Å². The Morgan fingerprint density at radius 2 is 2.42 bits per heavy atom. The molecule has 58 valence electrons. The largest absolute Gasteiger partial charge is 0.328 e. The zero-order chi connectivity index (χ0) is 8.81. The summed E-state index contributed by atoms with van der Waals surface area (Å²) < 4.78 is 0. The Bertz CT molecular complexity index is 414. The predicted octanol–water partition coefficient (Wildman–Crippen LogP) is 0.640. The lowest BCUT2D eigenvalue weighted by molar-refractivity contribution is 1.22. The topological polar surface area (TPSA) is 56.6 Å². The maximum absolute atomic E-state index is 11.0. The third-order valence-corrected chi connectivity index (χ3v) is 1.21. The number of aromatic amines is 1. The predicted molar refractivity (Wildman–Crippen MR) is 44.2 cm³/mol. The van der Waals surface area contributed by atoms with Gasteiger partial charge in [-0.15, -0.1) is 0 Å². The molecule has 12 heavy (non-hydrogen) atoms. The van der Waals surface area contributed by atoms with Gasteiger partial charge in [-0.25, -0.2) is 0 Å². The van der Waals surface area contributed by atoms with Gasteiger partial charge < -0.3 is 4.98 Å². The molecule has 1 aromatic rings. The molecular weight excluding hydrogens is 152 g/mol. The van der Waals surface area contributed by atoms with Crippen molar-refractivity contribution in [2.75, 3.05) is 0 Å². The molecule has 3 heteroatoms. The Hall–Kier alpha value is -2.00. The molecular formula is C9H6N2O. The minimum absolute atomic E-state index is 0.147. The first kappa shape index (κ1) is 8.10. The van der Waals surface area contributed by atoms with E-state index >= 15 is 0 Å². The molecule has 0 bridgehead atoms. The van der Waals surface area contributed by atoms with Gasteiger partial charge in [-0.3, -0.25) is 4.79 Å². The van der Waals surface area contributed by atoms with E-state index in [1.807, 2.05) is 6.07 Å². The van der Waals surface area contributed by atoms with E-state index in [2.05, 4.69) is 16.8 Å². The Labute approximate surface area is 69.7 Å². The molecule has 1 heterocycles. The van der Waals surface area contributed by atoms with E-state index in [1.54, 1.807) is 12.1 Å². The molecule has 0 aliphatic carbocycles. The fourth-order valence-corrected chi connectivity index (χ4v) is 0.699. The van der Waals surface area contributed by atoms with Crippen LogP contribution < -0.4 is 5.56 Å². The summed E-state index contributed by atoms with van der Waals surface area (Å²) >= 11 is 0. The zero-order valence-corrected chi connectivity index (χ0v) is 6.29. The van der Waals surface area contributed by atoms with Gasteiger partial charge in [0.1, 0.15) is 0 Å². The number of hydrogen-bond acceptors (Lipinski definition) is 2. The van der Waals surface area contributed by atoms with Crippen LogP contribution in [0.4, 0.5) is 0 Å². The molecule has 0 aliphatic rings. The van der Waals surface area contributed by atoms with Crippen molar-refractivity contribution in [3.63, 3.8) is 0 Å². The van der Waals surface area contributed by atoms with Crippen molar-refractivity contribution in [3.05, 3.63) is 34.2 Å². The number of pyridine rings is 1. The second-order valence-corrected chi connectivity index (χ2v) is 2.05. The standard InChI is InChI=1S/C9H6N2O/c10-6-2-1-4-8-5-3-7-11-9(8)12/h3,5,7H,2H2,(H,11,12). The number of nitrogens with zero attached hydrogens (tertiary/aromatic N) is 1. The summed E-state index contributed by atoms with van der Waals surface area (Å²) in [5.41, 5.74) is 0.177. The summed E-state index contributed by atoms with van der Waals surface area (Å²) in [5.74, 6) is 5.16. The Morgan fingerprint density at radius 3 is 3.08 bits per heavy atom. The highest BCUT2D eigenvalue weighted by Gasteiger charge is 1.89. The van der Waals surface area contributed by atoms with Crippen molar-refractivity contribution in [1.29, 1.82) is 5.26 Å². The molecule has 1 N–H and O–H groups in total. The molecule has 0 radical (unpaired) electrons. The molecule has 0 amide bonds. The molecule has 0 spiro atoms. The van der Waals surface area contributed by atoms with Crippen molar-refractivity contribution in [1.82, 2.24) is 4.98 Å². The van der Waals surface area contributed by atoms with E-state index in [4.69, 9.17) is 5.26 Å². The van der Waals surface area contributed by atoms with Gasteiger partial charge in [0.15, 0.2) is 0 Å². The maximum atomic E-state index is 11.0. The lowest BCUT2D eigenvalue weighted by Crippen LogP contribution is -2.07. The van der Waals surface area contributed by atoms with Crippen LogP contribution in [0.15, 0.2) is 23.1 Å². The first-order chi connectivity index (χ1) is 5.84. The van der Waals surface area contributed by atoms with E-state index in [9.17, 15) is 4.79 Å². The molecule has 0 aromatic carbocycles. The Kier molecular flexibility index (Phi) is 2.70. The summed E-state index contributed by atoms with van der Waals surface area (Å²) in [6, 6.07) is 5.18. The van der Waals surface area contributed by atoms with Gasteiger partial charge in [0.25, 0.3) is 5.56 Å². The van der Waals surface area contributed by atoms with Crippen molar-refractivity contribution < 1.29 is 0 Å². The maximum Gasteiger partial charge on any atom is 0.263 e. The monoisotopic (exact) mass is 158 g/mol. The minimum Gasteiger partial charge on any atom is -0.328 e. The van der Waals surface area contributed by atoms with Crippen molar-refractivity contribution in [2.24, 2.45) is 0 Å². The molecule has 0 atom stereocenters. The number of nitriles is 1. The average molecular weight is 158 g/mol. The van der Waals surface area contributed by atoms with Crippen molar-refractivity contribution in [3.8, 4) is 17.9 Å². The summed E-state index contributed by atoms with van der Waals surface area (Å²) in [7, 11) is 0. The van der Waals surface area contributed by atoms with Crippen molar-refractivity contribution in [2.45, 2.75) is 6.42 Å². The third-order valence-electron chi connectivity index (χ3n) is 1.21. The van der Waals surface area contributed by atoms with Gasteiger partial charge in [-0.2, -0.15) is 5.26 Å². The molecule has 0 unspecified atom stereocenters. The van der Waals surface area contributed by atoms with Crippen LogP contribution in [0.5, 0.6) is 0 Å². The summed E-state index contributed by atoms with van der Waals surface area (Å²) in [6.45, 7) is 0. The lowest BCUT2D eigenvalue weighted by Gasteiger charge is -1.84. The van der Waals surface area contributed by atoms with Crippen molar-refractivity contribution >= 4 is 0 Å². The second kappa shape index (κ2) is 4.00. The molecule has 3 nitrogen and oxygen atoms in total. The highest BCUT2D eigenvalue weighted by Crippen LogP contribution is 1.84. The fourth-order valence-electron chi connectivity index (χ4n) is 0.699. The molecule has 0 saturated heterocycles. The summed E-state index contributed by atoms with van der Waals surface area (Å²) in [5, 5.41) is 8.18. The number of rotatable bonds is 0. The molecule has 1 aromatic heterocycles. The van der Waals surface area contributed by atoms with E-state index in [0.717, 1.165) is 0 Å². The van der Waals surface area contributed by atoms with Gasteiger partial charge in [-0.1, -0.05) is 11.8 Å². The van der Waals surface area contributed by atoms with E-state index in [1.165, 1.54) is 6.20 Å². The average Bonchev–Trinajstić information content (AvgIpc) is 2.09. The van der Waals surface area contributed by atoms with Crippen LogP contribution in [0.3, 0.4) is 0 Å². The SMILES string of the molecule is N#CCC#Cc1ccc[nH]c1=O. The van der Waals surface area contributed by atoms with Gasteiger partial charge >= 0.3 is 0 Å². The second-order valence-electron chi connectivity index (χ2n) is 2.05. The normalized spacial score (nSPS) is 7.92. The van der Waals surface area contributed by atoms with E-state index in [-0.39, 0.29) is 12.0 Å². The number of aromatic nitrogens is 1. The number of H-pyrrole nitrogens is 1. The molecule has 0 aliphatic heterocycles. The van der Waals surface area contributed by atoms with E-state index < -0.39 is 0 Å². The lowest BCUT2D eigenvalue weighted by atomic mass is 10.3. The Balaban J connectivity index is 2.94. The van der Waals surface area contributed by atoms with Gasteiger partial charge in [0.2, 0.25) is 0 Å². The first-order valence-corrected chi connectivity index (χ1v) is 3.38. The van der Waals surface area contributed by atoms with E-state index in [0.29, 0.717) is 5.56 Å². The first-order valence-electron chi connectivity index (χ1n) is 3.38. The van der Waals surface area contributed by atoms with Crippen LogP contribution in [0.2, 0.25) is 0 Å². The highest BCUT2D eigenvalue weighted by atomic mass is 16.1. The fraction of sp³-hybridized carbons (Fsp3) is 0.111. The number of hydrogen-bond donors (Lipinski definition) is 1. The number of nitrogens with one attached hydrogen (secondary N) is 1. The molecule has 0 fully saturated rings. The van der Waals surface area contributed by atoms with Crippen LogP contribution in [0.1, 0.15) is 12.0 Å². The highest BCUT2D eigenvalue weighted by molar-refractivity contribution is 5.31. The summed E-state index contributed by atoms with van der Waals surface area (Å²) in [6.07, 6.45) is 1.69.